The first kappa shape index (κ1) is 12.4. The summed E-state index contributed by atoms with van der Waals surface area (Å²) in [5.74, 6) is 0.504. The maximum atomic E-state index is 11.5. The van der Waals surface area contributed by atoms with Gasteiger partial charge in [-0.05, 0) is 18.8 Å². The minimum absolute atomic E-state index is 0.201. The molecule has 0 saturated carbocycles. The van der Waals surface area contributed by atoms with E-state index in [9.17, 15) is 4.79 Å². The van der Waals surface area contributed by atoms with Gasteiger partial charge in [-0.15, -0.1) is 0 Å². The largest absolute Gasteiger partial charge is 0.364 e. The molecule has 0 aliphatic carbocycles. The molecule has 2 unspecified atom stereocenters. The lowest BCUT2D eigenvalue weighted by atomic mass is 9.90. The van der Waals surface area contributed by atoms with Gasteiger partial charge in [-0.3, -0.25) is 4.79 Å². The Morgan fingerprint density at radius 1 is 1.71 bits per heavy atom. The third kappa shape index (κ3) is 2.30. The first-order valence-electron chi connectivity index (χ1n) is 5.85. The fraction of sp³-hybridized carbons (Fsp3) is 0.636. The number of nitrogens with two attached hydrogens (primary N) is 1. The van der Waals surface area contributed by atoms with Crippen molar-refractivity contribution < 1.29 is 0 Å². The van der Waals surface area contributed by atoms with Gasteiger partial charge in [-0.1, -0.05) is 18.5 Å². The van der Waals surface area contributed by atoms with Crippen molar-refractivity contribution in [3.8, 4) is 0 Å². The standard InChI is InChI=1S/C11H17ClN4O/c1-7-3-2-4-16(8(7)5-13)9-6-14-15-11(17)10(9)12/h6-8H,2-5,13H2,1H3,(H,15,17). The Bertz CT molecular complexity index is 447. The van der Waals surface area contributed by atoms with Crippen LogP contribution in [0.1, 0.15) is 19.8 Å². The van der Waals surface area contributed by atoms with E-state index in [2.05, 4.69) is 22.0 Å². The predicted octanol–water partition coefficient (Wildman–Crippen LogP) is 0.987. The summed E-state index contributed by atoms with van der Waals surface area (Å²) in [6.07, 6.45) is 3.85. The van der Waals surface area contributed by atoms with Gasteiger partial charge in [0.05, 0.1) is 11.9 Å². The molecule has 1 aromatic heterocycles. The number of halogens is 1. The van der Waals surface area contributed by atoms with Crippen LogP contribution in [0.2, 0.25) is 5.02 Å². The highest BCUT2D eigenvalue weighted by atomic mass is 35.5. The van der Waals surface area contributed by atoms with Crippen LogP contribution in [0.5, 0.6) is 0 Å². The van der Waals surface area contributed by atoms with Crippen molar-refractivity contribution in [2.45, 2.75) is 25.8 Å². The molecule has 1 fully saturated rings. The van der Waals surface area contributed by atoms with E-state index < -0.39 is 0 Å². The van der Waals surface area contributed by atoms with Crippen LogP contribution in [0.15, 0.2) is 11.0 Å². The van der Waals surface area contributed by atoms with E-state index in [1.165, 1.54) is 0 Å². The molecule has 2 atom stereocenters. The van der Waals surface area contributed by atoms with Crippen molar-refractivity contribution in [2.24, 2.45) is 11.7 Å². The number of nitrogens with zero attached hydrogens (tertiary/aromatic N) is 2. The molecule has 0 amide bonds. The van der Waals surface area contributed by atoms with Crippen LogP contribution in [0, 0.1) is 5.92 Å². The average Bonchev–Trinajstić information content (AvgIpc) is 2.32. The number of nitrogens with one attached hydrogen (secondary N) is 1. The fourth-order valence-electron chi connectivity index (χ4n) is 2.48. The zero-order valence-electron chi connectivity index (χ0n) is 9.82. The van der Waals surface area contributed by atoms with Crippen LogP contribution in [0.3, 0.4) is 0 Å². The van der Waals surface area contributed by atoms with Crippen LogP contribution in [0.25, 0.3) is 0 Å². The summed E-state index contributed by atoms with van der Waals surface area (Å²) < 4.78 is 0. The van der Waals surface area contributed by atoms with Gasteiger partial charge in [-0.2, -0.15) is 5.10 Å². The number of hydrogen-bond donors (Lipinski definition) is 2. The number of anilines is 1. The lowest BCUT2D eigenvalue weighted by molar-refractivity contribution is 0.349. The van der Waals surface area contributed by atoms with Gasteiger partial charge < -0.3 is 10.6 Å². The lowest BCUT2D eigenvalue weighted by Crippen LogP contribution is -2.49. The summed E-state index contributed by atoms with van der Waals surface area (Å²) in [5, 5.41) is 6.34. The highest BCUT2D eigenvalue weighted by Gasteiger charge is 2.29. The first-order valence-corrected chi connectivity index (χ1v) is 6.23. The Morgan fingerprint density at radius 3 is 3.18 bits per heavy atom. The van der Waals surface area contributed by atoms with Crippen LogP contribution in [0.4, 0.5) is 5.69 Å². The van der Waals surface area contributed by atoms with E-state index in [0.717, 1.165) is 19.4 Å². The average molecular weight is 257 g/mol. The van der Waals surface area contributed by atoms with E-state index in [1.54, 1.807) is 6.20 Å². The van der Waals surface area contributed by atoms with E-state index in [4.69, 9.17) is 17.3 Å². The van der Waals surface area contributed by atoms with Gasteiger partial charge in [0, 0.05) is 19.1 Å². The Hall–Kier alpha value is -1.07. The zero-order chi connectivity index (χ0) is 12.4. The van der Waals surface area contributed by atoms with Crippen molar-refractivity contribution in [2.75, 3.05) is 18.0 Å². The molecule has 0 radical (unpaired) electrons. The quantitative estimate of drug-likeness (QED) is 0.827. The van der Waals surface area contributed by atoms with Crippen molar-refractivity contribution in [3.05, 3.63) is 21.6 Å². The maximum Gasteiger partial charge on any atom is 0.285 e. The second-order valence-corrected chi connectivity index (χ2v) is 4.89. The molecule has 0 bridgehead atoms. The highest BCUT2D eigenvalue weighted by molar-refractivity contribution is 6.33. The molecule has 94 valence electrons. The fourth-order valence-corrected chi connectivity index (χ4v) is 2.68. The molecule has 2 heterocycles. The Labute approximate surface area is 105 Å². The molecular weight excluding hydrogens is 240 g/mol. The van der Waals surface area contributed by atoms with Gasteiger partial charge in [0.2, 0.25) is 0 Å². The predicted molar refractivity (Wildman–Crippen MR) is 68.5 cm³/mol. The van der Waals surface area contributed by atoms with Crippen molar-refractivity contribution in [3.63, 3.8) is 0 Å². The number of aromatic amines is 1. The van der Waals surface area contributed by atoms with Crippen LogP contribution >= 0.6 is 11.6 Å². The highest BCUT2D eigenvalue weighted by Crippen LogP contribution is 2.30. The molecule has 0 spiro atoms. The van der Waals surface area contributed by atoms with E-state index in [0.29, 0.717) is 18.2 Å². The molecule has 5 nitrogen and oxygen atoms in total. The minimum atomic E-state index is -0.349. The van der Waals surface area contributed by atoms with E-state index in [-0.39, 0.29) is 16.6 Å². The van der Waals surface area contributed by atoms with Crippen LogP contribution in [-0.4, -0.2) is 29.3 Å². The number of H-pyrrole nitrogens is 1. The van der Waals surface area contributed by atoms with E-state index in [1.807, 2.05) is 0 Å². The molecule has 1 saturated heterocycles. The zero-order valence-corrected chi connectivity index (χ0v) is 10.6. The normalized spacial score (nSPS) is 25.0. The van der Waals surface area contributed by atoms with Crippen LogP contribution in [-0.2, 0) is 0 Å². The summed E-state index contributed by atoms with van der Waals surface area (Å²) in [7, 11) is 0. The molecule has 1 aliphatic heterocycles. The molecule has 1 aliphatic rings. The number of piperidine rings is 1. The van der Waals surface area contributed by atoms with Gasteiger partial charge >= 0.3 is 0 Å². The number of hydrogen-bond acceptors (Lipinski definition) is 4. The molecule has 3 N–H and O–H groups in total. The van der Waals surface area contributed by atoms with Gasteiger partial charge in [0.25, 0.3) is 5.56 Å². The summed E-state index contributed by atoms with van der Waals surface area (Å²) in [6, 6.07) is 0.227. The molecular formula is C11H17ClN4O. The molecule has 6 heteroatoms. The van der Waals surface area contributed by atoms with Crippen molar-refractivity contribution in [1.29, 1.82) is 0 Å². The number of aromatic nitrogens is 2. The molecule has 17 heavy (non-hydrogen) atoms. The topological polar surface area (TPSA) is 75.0 Å². The van der Waals surface area contributed by atoms with Gasteiger partial charge in [0.15, 0.2) is 0 Å². The Morgan fingerprint density at radius 2 is 2.47 bits per heavy atom. The van der Waals surface area contributed by atoms with Crippen molar-refractivity contribution in [1.82, 2.24) is 10.2 Å². The SMILES string of the molecule is CC1CCCN(c2cn[nH]c(=O)c2Cl)C1CN. The van der Waals surface area contributed by atoms with Gasteiger partial charge in [-0.25, -0.2) is 5.10 Å². The summed E-state index contributed by atoms with van der Waals surface area (Å²) >= 11 is 6.03. The smallest absolute Gasteiger partial charge is 0.285 e. The monoisotopic (exact) mass is 256 g/mol. The maximum absolute atomic E-state index is 11.5. The first-order chi connectivity index (χ1) is 8.15. The molecule has 1 aromatic rings. The minimum Gasteiger partial charge on any atom is -0.364 e. The second kappa shape index (κ2) is 5.06. The number of rotatable bonds is 2. The van der Waals surface area contributed by atoms with Gasteiger partial charge in [0.1, 0.15) is 5.02 Å². The summed E-state index contributed by atoms with van der Waals surface area (Å²) in [6.45, 7) is 3.61. The Kier molecular flexibility index (Phi) is 3.69. The van der Waals surface area contributed by atoms with Crippen molar-refractivity contribution >= 4 is 17.3 Å². The summed E-state index contributed by atoms with van der Waals surface area (Å²) in [5.41, 5.74) is 6.16. The second-order valence-electron chi connectivity index (χ2n) is 4.51. The van der Waals surface area contributed by atoms with E-state index >= 15 is 0 Å². The third-order valence-electron chi connectivity index (χ3n) is 3.44. The summed E-state index contributed by atoms with van der Waals surface area (Å²) in [4.78, 5) is 13.6. The molecule has 2 rings (SSSR count). The third-order valence-corrected chi connectivity index (χ3v) is 3.81. The molecule has 0 aromatic carbocycles. The lowest BCUT2D eigenvalue weighted by Gasteiger charge is -2.41. The van der Waals surface area contributed by atoms with Crippen LogP contribution < -0.4 is 16.2 Å². The Balaban J connectivity index is 2.37.